The van der Waals surface area contributed by atoms with Gasteiger partial charge in [0, 0.05) is 6.07 Å². The number of benzene rings is 2. The Morgan fingerprint density at radius 3 is 2.39 bits per heavy atom. The number of carboxylic acid groups (broad SMARTS) is 1. The molecule has 0 aliphatic rings. The topological polar surface area (TPSA) is 66.4 Å². The molecule has 0 aliphatic carbocycles. The first-order valence-electron chi connectivity index (χ1n) is 7.00. The van der Waals surface area contributed by atoms with Crippen LogP contribution in [0.4, 0.5) is 8.78 Å². The van der Waals surface area contributed by atoms with Crippen molar-refractivity contribution < 1.29 is 23.5 Å². The Kier molecular flexibility index (Phi) is 5.41. The first-order valence-corrected chi connectivity index (χ1v) is 7.00. The molecule has 0 unspecified atom stereocenters. The molecular formula is C17H15F2NO3. The van der Waals surface area contributed by atoms with Crippen molar-refractivity contribution >= 4 is 11.9 Å². The lowest BCUT2D eigenvalue weighted by molar-refractivity contribution is -0.139. The molecule has 0 saturated heterocycles. The highest BCUT2D eigenvalue weighted by Crippen LogP contribution is 2.11. The van der Waals surface area contributed by atoms with Crippen LogP contribution in [0.25, 0.3) is 0 Å². The van der Waals surface area contributed by atoms with Crippen LogP contribution in [0.1, 0.15) is 22.3 Å². The number of halogens is 2. The lowest BCUT2D eigenvalue weighted by Gasteiger charge is -2.15. The van der Waals surface area contributed by atoms with E-state index in [4.69, 9.17) is 0 Å². The van der Waals surface area contributed by atoms with Crippen LogP contribution in [0, 0.1) is 11.6 Å². The van der Waals surface area contributed by atoms with E-state index in [9.17, 15) is 23.5 Å². The van der Waals surface area contributed by atoms with E-state index >= 15 is 0 Å². The van der Waals surface area contributed by atoms with Crippen LogP contribution in [0.2, 0.25) is 0 Å². The minimum absolute atomic E-state index is 0.161. The molecule has 4 nitrogen and oxygen atoms in total. The Morgan fingerprint density at radius 1 is 1.09 bits per heavy atom. The van der Waals surface area contributed by atoms with Gasteiger partial charge >= 0.3 is 5.97 Å². The molecule has 1 atom stereocenters. The van der Waals surface area contributed by atoms with Crippen molar-refractivity contribution in [3.8, 4) is 0 Å². The van der Waals surface area contributed by atoms with E-state index in [2.05, 4.69) is 5.32 Å². The number of hydrogen-bond acceptors (Lipinski definition) is 2. The molecule has 2 rings (SSSR count). The molecule has 0 fully saturated rings. The molecule has 6 heteroatoms. The Hall–Kier alpha value is -2.76. The molecule has 0 saturated carbocycles. The Labute approximate surface area is 131 Å². The third-order valence-corrected chi connectivity index (χ3v) is 3.34. The van der Waals surface area contributed by atoms with E-state index in [1.54, 1.807) is 0 Å². The van der Waals surface area contributed by atoms with Crippen molar-refractivity contribution in [2.24, 2.45) is 0 Å². The van der Waals surface area contributed by atoms with Gasteiger partial charge < -0.3 is 10.4 Å². The third-order valence-electron chi connectivity index (χ3n) is 3.34. The number of amides is 1. The van der Waals surface area contributed by atoms with Gasteiger partial charge in [-0.2, -0.15) is 0 Å². The van der Waals surface area contributed by atoms with Crippen LogP contribution < -0.4 is 5.32 Å². The maximum Gasteiger partial charge on any atom is 0.326 e. The first-order chi connectivity index (χ1) is 11.0. The predicted molar refractivity (Wildman–Crippen MR) is 80.0 cm³/mol. The summed E-state index contributed by atoms with van der Waals surface area (Å²) in [6.45, 7) is 0. The Bertz CT molecular complexity index is 704. The van der Waals surface area contributed by atoms with Crippen LogP contribution in [0.3, 0.4) is 0 Å². The fourth-order valence-corrected chi connectivity index (χ4v) is 2.12. The predicted octanol–water partition coefficient (Wildman–Crippen LogP) is 2.78. The lowest BCUT2D eigenvalue weighted by Crippen LogP contribution is -2.41. The molecule has 2 aromatic carbocycles. The van der Waals surface area contributed by atoms with Gasteiger partial charge in [-0.05, 0) is 30.5 Å². The highest BCUT2D eigenvalue weighted by molar-refractivity contribution is 5.96. The maximum atomic E-state index is 13.6. The molecule has 0 aromatic heterocycles. The van der Waals surface area contributed by atoms with Crippen molar-refractivity contribution in [1.82, 2.24) is 5.32 Å². The van der Waals surface area contributed by atoms with E-state index in [1.165, 1.54) is 0 Å². The van der Waals surface area contributed by atoms with E-state index in [0.717, 1.165) is 17.7 Å². The van der Waals surface area contributed by atoms with Crippen LogP contribution >= 0.6 is 0 Å². The van der Waals surface area contributed by atoms with Gasteiger partial charge in [-0.3, -0.25) is 4.79 Å². The average molecular weight is 319 g/mol. The summed E-state index contributed by atoms with van der Waals surface area (Å²) < 4.78 is 26.4. The molecule has 120 valence electrons. The summed E-state index contributed by atoms with van der Waals surface area (Å²) in [6, 6.07) is 10.5. The summed E-state index contributed by atoms with van der Waals surface area (Å²) in [4.78, 5) is 23.2. The monoisotopic (exact) mass is 319 g/mol. The summed E-state index contributed by atoms with van der Waals surface area (Å²) in [7, 11) is 0. The minimum Gasteiger partial charge on any atom is -0.480 e. The normalized spacial score (nSPS) is 11.7. The molecule has 2 aromatic rings. The number of aliphatic carboxylic acids is 1. The SMILES string of the molecule is O=C(N[C@@H](CCc1ccccc1)C(=O)O)c1ccc(F)cc1F. The van der Waals surface area contributed by atoms with E-state index < -0.39 is 35.1 Å². The summed E-state index contributed by atoms with van der Waals surface area (Å²) in [5.74, 6) is -3.94. The highest BCUT2D eigenvalue weighted by atomic mass is 19.1. The number of hydrogen-bond donors (Lipinski definition) is 2. The number of carboxylic acids is 1. The van der Waals surface area contributed by atoms with Crippen molar-refractivity contribution in [2.75, 3.05) is 0 Å². The zero-order valence-electron chi connectivity index (χ0n) is 12.1. The van der Waals surface area contributed by atoms with E-state index in [-0.39, 0.29) is 6.42 Å². The van der Waals surface area contributed by atoms with Gasteiger partial charge in [-0.15, -0.1) is 0 Å². The standard InChI is InChI=1S/C17H15F2NO3/c18-12-7-8-13(14(19)10-12)16(21)20-15(17(22)23)9-6-11-4-2-1-3-5-11/h1-5,7-8,10,15H,6,9H2,(H,20,21)(H,22,23)/t15-/m0/s1. The molecular weight excluding hydrogens is 304 g/mol. The van der Waals surface area contributed by atoms with Crippen LogP contribution in [0.5, 0.6) is 0 Å². The summed E-state index contributed by atoms with van der Waals surface area (Å²) in [5, 5.41) is 11.5. The molecule has 0 radical (unpaired) electrons. The molecule has 0 bridgehead atoms. The number of aryl methyl sites for hydroxylation is 1. The third kappa shape index (κ3) is 4.60. The van der Waals surface area contributed by atoms with Crippen LogP contribution in [-0.2, 0) is 11.2 Å². The number of rotatable bonds is 6. The first kappa shape index (κ1) is 16.6. The van der Waals surface area contributed by atoms with Gasteiger partial charge in [0.25, 0.3) is 5.91 Å². The summed E-state index contributed by atoms with van der Waals surface area (Å²) >= 11 is 0. The smallest absolute Gasteiger partial charge is 0.326 e. The van der Waals surface area contributed by atoms with Gasteiger partial charge in [-0.1, -0.05) is 30.3 Å². The number of nitrogens with one attached hydrogen (secondary N) is 1. The summed E-state index contributed by atoms with van der Waals surface area (Å²) in [6.07, 6.45) is 0.609. The molecule has 2 N–H and O–H groups in total. The van der Waals surface area contributed by atoms with Crippen molar-refractivity contribution in [3.05, 3.63) is 71.3 Å². The average Bonchev–Trinajstić information content (AvgIpc) is 2.51. The van der Waals surface area contributed by atoms with Gasteiger partial charge in [0.2, 0.25) is 0 Å². The fourth-order valence-electron chi connectivity index (χ4n) is 2.12. The molecule has 0 aliphatic heterocycles. The number of carbonyl (C=O) groups is 2. The largest absolute Gasteiger partial charge is 0.480 e. The van der Waals surface area contributed by atoms with Gasteiger partial charge in [0.15, 0.2) is 0 Å². The summed E-state index contributed by atoms with van der Waals surface area (Å²) in [5.41, 5.74) is 0.540. The van der Waals surface area contributed by atoms with E-state index in [0.29, 0.717) is 12.5 Å². The second-order valence-electron chi connectivity index (χ2n) is 5.01. The number of carbonyl (C=O) groups excluding carboxylic acids is 1. The lowest BCUT2D eigenvalue weighted by atomic mass is 10.0. The van der Waals surface area contributed by atoms with Crippen LogP contribution in [-0.4, -0.2) is 23.0 Å². The second-order valence-corrected chi connectivity index (χ2v) is 5.01. The van der Waals surface area contributed by atoms with Crippen molar-refractivity contribution in [2.45, 2.75) is 18.9 Å². The highest BCUT2D eigenvalue weighted by Gasteiger charge is 2.22. The minimum atomic E-state index is -1.21. The molecule has 0 spiro atoms. The zero-order valence-corrected chi connectivity index (χ0v) is 12.1. The molecule has 1 amide bonds. The van der Waals surface area contributed by atoms with Crippen molar-refractivity contribution in [3.63, 3.8) is 0 Å². The van der Waals surface area contributed by atoms with Gasteiger partial charge in [0.05, 0.1) is 5.56 Å². The fraction of sp³-hybridized carbons (Fsp3) is 0.176. The molecule has 23 heavy (non-hydrogen) atoms. The quantitative estimate of drug-likeness (QED) is 0.860. The van der Waals surface area contributed by atoms with Crippen LogP contribution in [0.15, 0.2) is 48.5 Å². The maximum absolute atomic E-state index is 13.6. The van der Waals surface area contributed by atoms with E-state index in [1.807, 2.05) is 30.3 Å². The Morgan fingerprint density at radius 2 is 1.78 bits per heavy atom. The Balaban J connectivity index is 2.04. The second kappa shape index (κ2) is 7.49. The van der Waals surface area contributed by atoms with Crippen molar-refractivity contribution in [1.29, 1.82) is 0 Å². The van der Waals surface area contributed by atoms with Gasteiger partial charge in [-0.25, -0.2) is 13.6 Å². The van der Waals surface area contributed by atoms with Gasteiger partial charge in [0.1, 0.15) is 17.7 Å². The zero-order chi connectivity index (χ0) is 16.8. The molecule has 0 heterocycles.